The van der Waals surface area contributed by atoms with E-state index >= 15 is 0 Å². The van der Waals surface area contributed by atoms with Crippen LogP contribution in [-0.2, 0) is 6.54 Å². The van der Waals surface area contributed by atoms with Crippen molar-refractivity contribution in [2.45, 2.75) is 6.54 Å². The third kappa shape index (κ3) is 3.20. The van der Waals surface area contributed by atoms with Gasteiger partial charge in [0.1, 0.15) is 5.75 Å². The first-order chi connectivity index (χ1) is 10.0. The van der Waals surface area contributed by atoms with Gasteiger partial charge in [-0.2, -0.15) is 0 Å². The number of benzene rings is 2. The third-order valence-corrected chi connectivity index (χ3v) is 3.45. The van der Waals surface area contributed by atoms with Crippen molar-refractivity contribution in [3.05, 3.63) is 52.5 Å². The number of halogens is 1. The molecule has 0 unspecified atom stereocenters. The van der Waals surface area contributed by atoms with E-state index in [1.807, 2.05) is 6.07 Å². The number of nitrogens with one attached hydrogen (secondary N) is 1. The summed E-state index contributed by atoms with van der Waals surface area (Å²) < 4.78 is 5.28. The fraction of sp³-hybridized carbons (Fsp3) is 0.133. The van der Waals surface area contributed by atoms with Gasteiger partial charge in [0.2, 0.25) is 0 Å². The number of nitrogen functional groups attached to an aromatic ring is 1. The molecule has 0 aliphatic heterocycles. The van der Waals surface area contributed by atoms with Crippen molar-refractivity contribution >= 4 is 28.9 Å². The Morgan fingerprint density at radius 1 is 1.29 bits per heavy atom. The molecule has 0 spiro atoms. The zero-order valence-corrected chi connectivity index (χ0v) is 12.3. The van der Waals surface area contributed by atoms with Gasteiger partial charge in [-0.15, -0.1) is 0 Å². The van der Waals surface area contributed by atoms with Gasteiger partial charge < -0.3 is 21.5 Å². The van der Waals surface area contributed by atoms with Gasteiger partial charge in [-0.3, -0.25) is 4.79 Å². The van der Waals surface area contributed by atoms with Crippen LogP contribution in [0.2, 0.25) is 5.02 Å². The van der Waals surface area contributed by atoms with E-state index in [0.29, 0.717) is 34.3 Å². The molecule has 5 N–H and O–H groups in total. The molecular formula is C15H16ClN3O2. The predicted octanol–water partition coefficient (Wildman–Crippen LogP) is 2.64. The number of carbonyl (C=O) groups excluding carboxylic acids is 1. The molecule has 0 heterocycles. The van der Waals surface area contributed by atoms with Gasteiger partial charge >= 0.3 is 0 Å². The number of amides is 1. The van der Waals surface area contributed by atoms with Gasteiger partial charge in [-0.1, -0.05) is 23.7 Å². The van der Waals surface area contributed by atoms with Crippen molar-refractivity contribution in [3.63, 3.8) is 0 Å². The number of carbonyl (C=O) groups is 1. The van der Waals surface area contributed by atoms with E-state index < -0.39 is 5.91 Å². The Bertz CT molecular complexity index is 674. The number of primary amides is 1. The minimum atomic E-state index is -0.545. The van der Waals surface area contributed by atoms with Crippen LogP contribution in [0.15, 0.2) is 36.4 Å². The first-order valence-corrected chi connectivity index (χ1v) is 6.66. The summed E-state index contributed by atoms with van der Waals surface area (Å²) >= 11 is 6.17. The van der Waals surface area contributed by atoms with E-state index in [4.69, 9.17) is 27.8 Å². The summed E-state index contributed by atoms with van der Waals surface area (Å²) in [6.07, 6.45) is 0. The Labute approximate surface area is 127 Å². The SMILES string of the molecule is COc1cccc(Cl)c1CNc1c(N)cccc1C(N)=O. The summed E-state index contributed by atoms with van der Waals surface area (Å²) in [7, 11) is 1.57. The second kappa shape index (κ2) is 6.37. The molecule has 2 rings (SSSR count). The number of hydrogen-bond donors (Lipinski definition) is 3. The number of methoxy groups -OCH3 is 1. The lowest BCUT2D eigenvalue weighted by Gasteiger charge is -2.15. The highest BCUT2D eigenvalue weighted by Gasteiger charge is 2.13. The normalized spacial score (nSPS) is 10.2. The summed E-state index contributed by atoms with van der Waals surface area (Å²) in [5.74, 6) is 0.112. The lowest BCUT2D eigenvalue weighted by atomic mass is 10.1. The molecule has 1 amide bonds. The largest absolute Gasteiger partial charge is 0.496 e. The molecule has 0 fully saturated rings. The second-order valence-corrected chi connectivity index (χ2v) is 4.82. The van der Waals surface area contributed by atoms with Crippen LogP contribution in [0.5, 0.6) is 5.75 Å². The number of anilines is 2. The maximum Gasteiger partial charge on any atom is 0.250 e. The molecule has 0 aliphatic rings. The molecule has 5 nitrogen and oxygen atoms in total. The van der Waals surface area contributed by atoms with Crippen LogP contribution in [0.1, 0.15) is 15.9 Å². The molecule has 21 heavy (non-hydrogen) atoms. The average Bonchev–Trinajstić information content (AvgIpc) is 2.46. The highest BCUT2D eigenvalue weighted by Crippen LogP contribution is 2.29. The Morgan fingerprint density at radius 2 is 2.00 bits per heavy atom. The number of rotatable bonds is 5. The molecule has 2 aromatic carbocycles. The Balaban J connectivity index is 2.31. The van der Waals surface area contributed by atoms with Gasteiger partial charge in [-0.25, -0.2) is 0 Å². The number of hydrogen-bond acceptors (Lipinski definition) is 4. The molecule has 0 aromatic heterocycles. The fourth-order valence-corrected chi connectivity index (χ4v) is 2.28. The average molecular weight is 306 g/mol. The second-order valence-electron chi connectivity index (χ2n) is 4.41. The molecule has 110 valence electrons. The Morgan fingerprint density at radius 3 is 2.67 bits per heavy atom. The van der Waals surface area contributed by atoms with E-state index in [2.05, 4.69) is 5.32 Å². The summed E-state index contributed by atoms with van der Waals surface area (Å²) in [5, 5.41) is 3.67. The molecule has 0 saturated carbocycles. The van der Waals surface area contributed by atoms with E-state index in [0.717, 1.165) is 5.56 Å². The zero-order valence-electron chi connectivity index (χ0n) is 11.5. The molecule has 2 aromatic rings. The van der Waals surface area contributed by atoms with Gasteiger partial charge in [0.05, 0.1) is 24.0 Å². The van der Waals surface area contributed by atoms with E-state index in [1.165, 1.54) is 0 Å². The first kappa shape index (κ1) is 15.0. The molecule has 0 atom stereocenters. The highest BCUT2D eigenvalue weighted by atomic mass is 35.5. The Hall–Kier alpha value is -2.40. The standard InChI is InChI=1S/C15H16ClN3O2/c1-21-13-7-3-5-11(16)10(13)8-19-14-9(15(18)20)4-2-6-12(14)17/h2-7,19H,8,17H2,1H3,(H2,18,20). The molecule has 0 radical (unpaired) electrons. The zero-order chi connectivity index (χ0) is 15.4. The first-order valence-electron chi connectivity index (χ1n) is 6.28. The minimum Gasteiger partial charge on any atom is -0.496 e. The van der Waals surface area contributed by atoms with Crippen LogP contribution in [0.25, 0.3) is 0 Å². The third-order valence-electron chi connectivity index (χ3n) is 3.10. The van der Waals surface area contributed by atoms with Crippen LogP contribution in [0.4, 0.5) is 11.4 Å². The van der Waals surface area contributed by atoms with Gasteiger partial charge in [0.15, 0.2) is 0 Å². The van der Waals surface area contributed by atoms with Gasteiger partial charge in [-0.05, 0) is 24.3 Å². The van der Waals surface area contributed by atoms with Crippen LogP contribution in [0, 0.1) is 0 Å². The van der Waals surface area contributed by atoms with Crippen LogP contribution in [0.3, 0.4) is 0 Å². The topological polar surface area (TPSA) is 90.4 Å². The lowest BCUT2D eigenvalue weighted by Crippen LogP contribution is -2.15. The van der Waals surface area contributed by atoms with Crippen molar-refractivity contribution in [3.8, 4) is 5.75 Å². The van der Waals surface area contributed by atoms with Crippen molar-refractivity contribution in [1.29, 1.82) is 0 Å². The highest BCUT2D eigenvalue weighted by molar-refractivity contribution is 6.31. The molecule has 0 saturated heterocycles. The van der Waals surface area contributed by atoms with E-state index in [1.54, 1.807) is 37.4 Å². The lowest BCUT2D eigenvalue weighted by molar-refractivity contribution is 0.100. The number of nitrogens with two attached hydrogens (primary N) is 2. The van der Waals surface area contributed by atoms with E-state index in [9.17, 15) is 4.79 Å². The number of para-hydroxylation sites is 1. The molecule has 0 aliphatic carbocycles. The monoisotopic (exact) mass is 305 g/mol. The summed E-state index contributed by atoms with van der Waals surface area (Å²) in [6, 6.07) is 10.4. The van der Waals surface area contributed by atoms with Crippen molar-refractivity contribution in [2.75, 3.05) is 18.2 Å². The maximum absolute atomic E-state index is 11.5. The van der Waals surface area contributed by atoms with Crippen LogP contribution < -0.4 is 21.5 Å². The van der Waals surface area contributed by atoms with Crippen molar-refractivity contribution in [1.82, 2.24) is 0 Å². The fourth-order valence-electron chi connectivity index (χ4n) is 2.05. The quantitative estimate of drug-likeness (QED) is 0.741. The Kier molecular flexibility index (Phi) is 4.55. The molecule has 0 bridgehead atoms. The van der Waals surface area contributed by atoms with Crippen molar-refractivity contribution < 1.29 is 9.53 Å². The number of ether oxygens (including phenoxy) is 1. The predicted molar refractivity (Wildman–Crippen MR) is 84.7 cm³/mol. The smallest absolute Gasteiger partial charge is 0.250 e. The molecular weight excluding hydrogens is 290 g/mol. The maximum atomic E-state index is 11.5. The van der Waals surface area contributed by atoms with E-state index in [-0.39, 0.29) is 0 Å². The van der Waals surface area contributed by atoms with Crippen LogP contribution in [-0.4, -0.2) is 13.0 Å². The van der Waals surface area contributed by atoms with Gasteiger partial charge in [0.25, 0.3) is 5.91 Å². The molecule has 6 heteroatoms. The van der Waals surface area contributed by atoms with Crippen molar-refractivity contribution in [2.24, 2.45) is 5.73 Å². The summed E-state index contributed by atoms with van der Waals surface area (Å²) in [6.45, 7) is 0.358. The minimum absolute atomic E-state index is 0.334. The van der Waals surface area contributed by atoms with Crippen LogP contribution >= 0.6 is 11.6 Å². The van der Waals surface area contributed by atoms with Gasteiger partial charge in [0, 0.05) is 17.1 Å². The summed E-state index contributed by atoms with van der Waals surface area (Å²) in [4.78, 5) is 11.5. The summed E-state index contributed by atoms with van der Waals surface area (Å²) in [5.41, 5.74) is 13.3.